The average Bonchev–Trinajstić information content (AvgIpc) is 2.82. The highest BCUT2D eigenvalue weighted by molar-refractivity contribution is 6.82. The molecule has 0 aromatic carbocycles. The highest BCUT2D eigenvalue weighted by Crippen LogP contribution is 2.46. The monoisotopic (exact) mass is 489 g/mol. The van der Waals surface area contributed by atoms with E-state index in [9.17, 15) is 15.0 Å². The molecule has 0 aliphatic carbocycles. The second-order valence-corrected chi connectivity index (χ2v) is 23.4. The quantitative estimate of drug-likeness (QED) is 0.512. The second-order valence-electron chi connectivity index (χ2n) is 12.8. The van der Waals surface area contributed by atoms with Gasteiger partial charge in [-0.05, 0) is 17.0 Å². The maximum Gasteiger partial charge on any atom is 0.319 e. The molecule has 10 heteroatoms. The number of aliphatic hydroxyl groups is 2. The van der Waals surface area contributed by atoms with E-state index in [1.165, 1.54) is 11.8 Å². The Hall–Kier alpha value is -0.816. The van der Waals surface area contributed by atoms with Crippen LogP contribution >= 0.6 is 0 Å². The van der Waals surface area contributed by atoms with Crippen molar-refractivity contribution in [3.05, 3.63) is 0 Å². The summed E-state index contributed by atoms with van der Waals surface area (Å²) in [6, 6.07) is -0.448. The van der Waals surface area contributed by atoms with Gasteiger partial charge < -0.3 is 19.5 Å². The molecule has 0 bridgehead atoms. The number of rotatable bonds is 4. The Morgan fingerprint density at radius 3 is 2.09 bits per heavy atom. The third-order valence-electron chi connectivity index (χ3n) is 8.62. The number of halogens is 1. The van der Waals surface area contributed by atoms with E-state index in [1.807, 2.05) is 47.0 Å². The molecule has 0 aromatic rings. The SMILES string of the molecule is CC1(F)[C@H](O)[C@@H](C(O)[Si](C)(C)C(C)(C)C)O[C@H]1N1CCC(=N)N([Si](C)(C)C(C)(C)C)C1=O. The molecule has 0 radical (unpaired) electrons. The van der Waals surface area contributed by atoms with Crippen LogP contribution in [0.2, 0.25) is 36.3 Å². The Bertz CT molecular complexity index is 761. The Morgan fingerprint density at radius 1 is 1.16 bits per heavy atom. The van der Waals surface area contributed by atoms with Gasteiger partial charge in [-0.3, -0.25) is 10.3 Å². The van der Waals surface area contributed by atoms with Crippen molar-refractivity contribution in [2.24, 2.45) is 0 Å². The molecule has 3 N–H and O–H groups in total. The van der Waals surface area contributed by atoms with Crippen molar-refractivity contribution < 1.29 is 24.1 Å². The highest BCUT2D eigenvalue weighted by Gasteiger charge is 2.63. The van der Waals surface area contributed by atoms with E-state index in [2.05, 4.69) is 20.8 Å². The van der Waals surface area contributed by atoms with Crippen LogP contribution in [0, 0.1) is 5.41 Å². The van der Waals surface area contributed by atoms with Crippen molar-refractivity contribution >= 4 is 28.2 Å². The minimum Gasteiger partial charge on any atom is -0.394 e. The van der Waals surface area contributed by atoms with Gasteiger partial charge in [-0.15, -0.1) is 0 Å². The molecule has 2 saturated heterocycles. The van der Waals surface area contributed by atoms with Crippen LogP contribution in [0.4, 0.5) is 9.18 Å². The number of nitrogens with one attached hydrogen (secondary N) is 1. The number of amides is 2. The number of urea groups is 1. The summed E-state index contributed by atoms with van der Waals surface area (Å²) in [5, 5.41) is 30.1. The molecule has 0 saturated carbocycles. The van der Waals surface area contributed by atoms with Crippen molar-refractivity contribution in [2.75, 3.05) is 6.54 Å². The lowest BCUT2D eigenvalue weighted by Gasteiger charge is -2.51. The number of nitrogens with zero attached hydrogens (tertiary/aromatic N) is 2. The number of hydrogen-bond acceptors (Lipinski definition) is 5. The Balaban J connectivity index is 2.41. The maximum atomic E-state index is 16.0. The van der Waals surface area contributed by atoms with Gasteiger partial charge in [-0.1, -0.05) is 67.7 Å². The van der Waals surface area contributed by atoms with E-state index in [0.29, 0.717) is 6.42 Å². The van der Waals surface area contributed by atoms with Crippen LogP contribution in [0.3, 0.4) is 0 Å². The van der Waals surface area contributed by atoms with Gasteiger partial charge in [0.1, 0.15) is 12.2 Å². The third-order valence-corrected chi connectivity index (χ3v) is 19.5. The molecule has 5 atom stereocenters. The van der Waals surface area contributed by atoms with E-state index < -0.39 is 52.2 Å². The van der Waals surface area contributed by atoms with Crippen LogP contribution in [-0.4, -0.2) is 84.2 Å². The van der Waals surface area contributed by atoms with Gasteiger partial charge >= 0.3 is 6.03 Å². The number of carbonyl (C=O) groups excluding carboxylic acids is 1. The van der Waals surface area contributed by atoms with Crippen LogP contribution in [0.1, 0.15) is 54.9 Å². The fraction of sp³-hybridized carbons (Fsp3) is 0.909. The first kappa shape index (κ1) is 27.4. The lowest BCUT2D eigenvalue weighted by atomic mass is 9.97. The summed E-state index contributed by atoms with van der Waals surface area (Å²) >= 11 is 0. The van der Waals surface area contributed by atoms with E-state index in [0.717, 1.165) is 0 Å². The summed E-state index contributed by atoms with van der Waals surface area (Å²) in [7, 11) is -4.84. The zero-order valence-electron chi connectivity index (χ0n) is 21.7. The van der Waals surface area contributed by atoms with Gasteiger partial charge in [0, 0.05) is 13.0 Å². The lowest BCUT2D eigenvalue weighted by Crippen LogP contribution is -2.68. The molecule has 0 spiro atoms. The summed E-state index contributed by atoms with van der Waals surface area (Å²) in [5.41, 5.74) is -3.25. The largest absolute Gasteiger partial charge is 0.394 e. The van der Waals surface area contributed by atoms with Gasteiger partial charge in [-0.25, -0.2) is 9.18 Å². The van der Waals surface area contributed by atoms with Crippen LogP contribution < -0.4 is 0 Å². The molecule has 2 aliphatic rings. The Morgan fingerprint density at radius 2 is 1.66 bits per heavy atom. The summed E-state index contributed by atoms with van der Waals surface area (Å²) < 4.78 is 23.5. The van der Waals surface area contributed by atoms with Crippen LogP contribution in [0.5, 0.6) is 0 Å². The first-order valence-corrected chi connectivity index (χ1v) is 17.5. The Labute approximate surface area is 194 Å². The second kappa shape index (κ2) is 8.14. The molecular weight excluding hydrogens is 445 g/mol. The van der Waals surface area contributed by atoms with Crippen molar-refractivity contribution in [1.29, 1.82) is 5.41 Å². The third kappa shape index (κ3) is 4.21. The Kier molecular flexibility index (Phi) is 6.98. The highest BCUT2D eigenvalue weighted by atomic mass is 28.3. The molecule has 2 heterocycles. The standard InChI is InChI=1S/C22H44FN3O4Si2/c1-20(2,3)31(8,9)17(28)15-16(27)22(7,23)18(30-15)25-13-12-14(24)26(19(25)29)32(10,11)21(4,5)6/h15-18,24,27-28H,12-13H2,1-11H3/t15-,16+,17?,18+,22?/m0/s1. The zero-order chi connectivity index (χ0) is 25.2. The maximum absolute atomic E-state index is 16.0. The van der Waals surface area contributed by atoms with E-state index >= 15 is 4.39 Å². The molecule has 0 aromatic heterocycles. The predicted molar refractivity (Wildman–Crippen MR) is 131 cm³/mol. The fourth-order valence-corrected chi connectivity index (χ4v) is 8.14. The number of hydrogen-bond donors (Lipinski definition) is 3. The smallest absolute Gasteiger partial charge is 0.319 e. The molecular formula is C22H44FN3O4Si2. The van der Waals surface area contributed by atoms with Gasteiger partial charge in [0.25, 0.3) is 0 Å². The normalized spacial score (nSPS) is 32.0. The minimum absolute atomic E-state index is 0.141. The topological polar surface area (TPSA) is 97.1 Å². The molecule has 32 heavy (non-hydrogen) atoms. The van der Waals surface area contributed by atoms with Crippen molar-refractivity contribution in [1.82, 2.24) is 9.47 Å². The van der Waals surface area contributed by atoms with Crippen LogP contribution in [0.15, 0.2) is 0 Å². The number of alkyl halides is 1. The first-order chi connectivity index (χ1) is 14.1. The zero-order valence-corrected chi connectivity index (χ0v) is 23.7. The van der Waals surface area contributed by atoms with E-state index in [4.69, 9.17) is 10.1 Å². The van der Waals surface area contributed by atoms with Crippen LogP contribution in [-0.2, 0) is 4.74 Å². The summed E-state index contributed by atoms with van der Waals surface area (Å²) in [6.45, 7) is 21.7. The molecule has 2 unspecified atom stereocenters. The van der Waals surface area contributed by atoms with Gasteiger partial charge in [0.15, 0.2) is 20.1 Å². The summed E-state index contributed by atoms with van der Waals surface area (Å²) in [4.78, 5) is 14.9. The number of carbonyl (C=O) groups is 1. The molecule has 7 nitrogen and oxygen atoms in total. The molecule has 2 aliphatic heterocycles. The molecule has 186 valence electrons. The summed E-state index contributed by atoms with van der Waals surface area (Å²) in [5.74, 6) is 0.245. The minimum atomic E-state index is -2.45. The number of ether oxygens (including phenoxy) is 1. The van der Waals surface area contributed by atoms with E-state index in [1.54, 1.807) is 4.57 Å². The van der Waals surface area contributed by atoms with Crippen molar-refractivity contribution in [2.45, 2.75) is 121 Å². The van der Waals surface area contributed by atoms with E-state index in [-0.39, 0.29) is 22.5 Å². The predicted octanol–water partition coefficient (Wildman–Crippen LogP) is 4.32. The van der Waals surface area contributed by atoms with Crippen molar-refractivity contribution in [3.63, 3.8) is 0 Å². The number of aliphatic hydroxyl groups excluding tert-OH is 2. The first-order valence-electron chi connectivity index (χ1n) is 11.5. The number of amidine groups is 1. The van der Waals surface area contributed by atoms with Crippen molar-refractivity contribution in [3.8, 4) is 0 Å². The average molecular weight is 490 g/mol. The van der Waals surface area contributed by atoms with Gasteiger partial charge in [0.2, 0.25) is 0 Å². The summed E-state index contributed by atoms with van der Waals surface area (Å²) in [6.07, 6.45) is -3.71. The molecule has 2 rings (SSSR count). The molecule has 2 fully saturated rings. The van der Waals surface area contributed by atoms with Crippen LogP contribution in [0.25, 0.3) is 0 Å². The fourth-order valence-electron chi connectivity index (χ4n) is 4.11. The lowest BCUT2D eigenvalue weighted by molar-refractivity contribution is -0.0963. The molecule has 2 amide bonds. The van der Waals surface area contributed by atoms with Gasteiger partial charge in [-0.2, -0.15) is 0 Å². The van der Waals surface area contributed by atoms with Gasteiger partial charge in [0.05, 0.1) is 19.6 Å².